The van der Waals surface area contributed by atoms with Crippen molar-refractivity contribution in [2.24, 2.45) is 5.41 Å². The van der Waals surface area contributed by atoms with Gasteiger partial charge in [-0.1, -0.05) is 44.0 Å². The van der Waals surface area contributed by atoms with Crippen LogP contribution < -0.4 is 10.6 Å². The third-order valence-electron chi connectivity index (χ3n) is 3.10. The molecule has 0 bridgehead atoms. The van der Waals surface area contributed by atoms with Crippen molar-refractivity contribution < 1.29 is 4.79 Å². The number of anilines is 2. The Kier molecular flexibility index (Phi) is 3.47. The van der Waals surface area contributed by atoms with Gasteiger partial charge in [-0.25, -0.2) is 0 Å². The minimum absolute atomic E-state index is 0.0143. The van der Waals surface area contributed by atoms with Gasteiger partial charge in [0.1, 0.15) is 0 Å². The minimum Gasteiger partial charge on any atom is -0.380 e. The first-order valence-corrected chi connectivity index (χ1v) is 6.58. The zero-order valence-electron chi connectivity index (χ0n) is 10.6. The fourth-order valence-corrected chi connectivity index (χ4v) is 2.25. The zero-order valence-corrected chi connectivity index (χ0v) is 12.1. The van der Waals surface area contributed by atoms with Crippen molar-refractivity contribution in [2.45, 2.75) is 33.2 Å². The molecule has 1 aliphatic rings. The van der Waals surface area contributed by atoms with Crippen LogP contribution in [0.3, 0.4) is 0 Å². The summed E-state index contributed by atoms with van der Waals surface area (Å²) in [6.45, 7) is 6.29. The van der Waals surface area contributed by atoms with Crippen molar-refractivity contribution in [1.29, 1.82) is 0 Å². The molecule has 5 heteroatoms. The molecular weight excluding hydrogens is 271 g/mol. The summed E-state index contributed by atoms with van der Waals surface area (Å²) in [5.74, 6) is -0.0143. The number of carbonyl (C=O) groups excluding carboxylic acids is 1. The summed E-state index contributed by atoms with van der Waals surface area (Å²) in [6.07, 6.45) is 0.424. The minimum atomic E-state index is -0.0228. The van der Waals surface area contributed by atoms with E-state index in [9.17, 15) is 4.79 Å². The van der Waals surface area contributed by atoms with Crippen molar-refractivity contribution in [3.63, 3.8) is 0 Å². The van der Waals surface area contributed by atoms with Gasteiger partial charge < -0.3 is 10.6 Å². The lowest BCUT2D eigenvalue weighted by Gasteiger charge is -2.30. The van der Waals surface area contributed by atoms with E-state index < -0.39 is 0 Å². The molecule has 1 aromatic carbocycles. The van der Waals surface area contributed by atoms with Crippen LogP contribution in [0.5, 0.6) is 0 Å². The van der Waals surface area contributed by atoms with Gasteiger partial charge >= 0.3 is 0 Å². The highest BCUT2D eigenvalue weighted by Gasteiger charge is 2.30. The molecule has 18 heavy (non-hydrogen) atoms. The van der Waals surface area contributed by atoms with E-state index in [0.29, 0.717) is 22.2 Å². The van der Waals surface area contributed by atoms with Gasteiger partial charge in [-0.15, -0.1) is 0 Å². The summed E-state index contributed by atoms with van der Waals surface area (Å²) in [5, 5.41) is 7.13. The van der Waals surface area contributed by atoms with Crippen LogP contribution in [0, 0.1) is 5.41 Å². The summed E-state index contributed by atoms with van der Waals surface area (Å²) in [6, 6.07) is 3.48. The molecule has 1 aliphatic heterocycles. The molecule has 1 heterocycles. The average Bonchev–Trinajstić information content (AvgIpc) is 2.37. The molecule has 1 unspecified atom stereocenters. The van der Waals surface area contributed by atoms with Gasteiger partial charge in [-0.05, 0) is 17.5 Å². The van der Waals surface area contributed by atoms with E-state index >= 15 is 0 Å². The fraction of sp³-hybridized carbons (Fsp3) is 0.462. The number of rotatable bonds is 0. The van der Waals surface area contributed by atoms with Gasteiger partial charge in [0, 0.05) is 12.5 Å². The number of amides is 1. The lowest BCUT2D eigenvalue weighted by molar-refractivity contribution is -0.116. The molecule has 1 amide bonds. The van der Waals surface area contributed by atoms with Gasteiger partial charge in [0.2, 0.25) is 5.91 Å². The average molecular weight is 287 g/mol. The summed E-state index contributed by atoms with van der Waals surface area (Å²) in [7, 11) is 0. The highest BCUT2D eigenvalue weighted by molar-refractivity contribution is 6.42. The first-order chi connectivity index (χ1) is 8.27. The van der Waals surface area contributed by atoms with E-state index in [1.54, 1.807) is 12.1 Å². The zero-order chi connectivity index (χ0) is 13.5. The molecule has 2 N–H and O–H groups in total. The van der Waals surface area contributed by atoms with Crippen LogP contribution in [0.25, 0.3) is 0 Å². The number of carbonyl (C=O) groups is 1. The van der Waals surface area contributed by atoms with Gasteiger partial charge in [0.05, 0.1) is 21.4 Å². The smallest absolute Gasteiger partial charge is 0.226 e. The monoisotopic (exact) mass is 286 g/mol. The molecule has 2 rings (SSSR count). The summed E-state index contributed by atoms with van der Waals surface area (Å²) >= 11 is 12.0. The molecule has 1 atom stereocenters. The van der Waals surface area contributed by atoms with Gasteiger partial charge in [-0.3, -0.25) is 4.79 Å². The van der Waals surface area contributed by atoms with Crippen molar-refractivity contribution >= 4 is 40.5 Å². The molecular formula is C13H16Cl2N2O. The Balaban J connectivity index is 2.43. The second-order valence-electron chi connectivity index (χ2n) is 5.63. The maximum absolute atomic E-state index is 11.9. The standard InChI is InChI=1S/C13H16Cl2N2O/c1-13(2,3)11-6-12(18)17-10-5-8(15)7(14)4-9(10)16-11/h4-5,11,16H,6H2,1-3H3,(H,17,18). The quantitative estimate of drug-likeness (QED) is 0.752. The van der Waals surface area contributed by atoms with Gasteiger partial charge in [0.25, 0.3) is 0 Å². The number of hydrogen-bond donors (Lipinski definition) is 2. The molecule has 0 aliphatic carbocycles. The SMILES string of the molecule is CC(C)(C)C1CC(=O)Nc2cc(Cl)c(Cl)cc2N1. The van der Waals surface area contributed by atoms with Crippen LogP contribution in [0.1, 0.15) is 27.2 Å². The third kappa shape index (κ3) is 2.73. The molecule has 0 saturated heterocycles. The van der Waals surface area contributed by atoms with Crippen molar-refractivity contribution in [2.75, 3.05) is 10.6 Å². The lowest BCUT2D eigenvalue weighted by atomic mass is 9.84. The Morgan fingerprint density at radius 3 is 2.28 bits per heavy atom. The predicted octanol–water partition coefficient (Wildman–Crippen LogP) is 4.16. The third-order valence-corrected chi connectivity index (χ3v) is 3.82. The maximum atomic E-state index is 11.9. The van der Waals surface area contributed by atoms with Crippen LogP contribution in [0.15, 0.2) is 12.1 Å². The molecule has 1 aromatic rings. The van der Waals surface area contributed by atoms with Crippen molar-refractivity contribution in [3.05, 3.63) is 22.2 Å². The van der Waals surface area contributed by atoms with Crippen LogP contribution >= 0.6 is 23.2 Å². The largest absolute Gasteiger partial charge is 0.380 e. The Morgan fingerprint density at radius 1 is 1.17 bits per heavy atom. The van der Waals surface area contributed by atoms with Crippen molar-refractivity contribution in [3.8, 4) is 0 Å². The number of nitrogens with one attached hydrogen (secondary N) is 2. The van der Waals surface area contributed by atoms with Gasteiger partial charge in [-0.2, -0.15) is 0 Å². The Bertz CT molecular complexity index is 494. The van der Waals surface area contributed by atoms with Crippen LogP contribution in [-0.2, 0) is 4.79 Å². The van der Waals surface area contributed by atoms with E-state index in [1.807, 2.05) is 0 Å². The summed E-state index contributed by atoms with van der Waals surface area (Å²) < 4.78 is 0. The van der Waals surface area contributed by atoms with E-state index in [2.05, 4.69) is 31.4 Å². The highest BCUT2D eigenvalue weighted by atomic mass is 35.5. The molecule has 0 fully saturated rings. The van der Waals surface area contributed by atoms with Crippen LogP contribution in [0.4, 0.5) is 11.4 Å². The molecule has 98 valence electrons. The van der Waals surface area contributed by atoms with E-state index in [4.69, 9.17) is 23.2 Å². The second kappa shape index (κ2) is 4.63. The normalized spacial score (nSPS) is 19.6. The lowest BCUT2D eigenvalue weighted by Crippen LogP contribution is -2.35. The van der Waals surface area contributed by atoms with Gasteiger partial charge in [0.15, 0.2) is 0 Å². The molecule has 0 saturated carbocycles. The summed E-state index contributed by atoms with van der Waals surface area (Å²) in [5.41, 5.74) is 1.47. The predicted molar refractivity (Wildman–Crippen MR) is 76.6 cm³/mol. The highest BCUT2D eigenvalue weighted by Crippen LogP contribution is 2.37. The van der Waals surface area contributed by atoms with E-state index in [1.165, 1.54) is 0 Å². The van der Waals surface area contributed by atoms with E-state index in [0.717, 1.165) is 5.69 Å². The first-order valence-electron chi connectivity index (χ1n) is 5.83. The van der Waals surface area contributed by atoms with Crippen LogP contribution in [0.2, 0.25) is 10.0 Å². The Labute approximate surface area is 117 Å². The number of benzene rings is 1. The number of fused-ring (bicyclic) bond motifs is 1. The van der Waals surface area contributed by atoms with E-state index in [-0.39, 0.29) is 17.4 Å². The maximum Gasteiger partial charge on any atom is 0.226 e. The molecule has 0 radical (unpaired) electrons. The first kappa shape index (κ1) is 13.5. The fourth-order valence-electron chi connectivity index (χ4n) is 1.92. The summed E-state index contributed by atoms with van der Waals surface area (Å²) in [4.78, 5) is 11.9. The van der Waals surface area contributed by atoms with Crippen LogP contribution in [-0.4, -0.2) is 11.9 Å². The topological polar surface area (TPSA) is 41.1 Å². The number of hydrogen-bond acceptors (Lipinski definition) is 2. The molecule has 0 aromatic heterocycles. The molecule has 0 spiro atoms. The van der Waals surface area contributed by atoms with Crippen molar-refractivity contribution in [1.82, 2.24) is 0 Å². The second-order valence-corrected chi connectivity index (χ2v) is 6.44. The molecule has 3 nitrogen and oxygen atoms in total. The number of halogens is 2. The Hall–Kier alpha value is -0.930. The Morgan fingerprint density at radius 2 is 1.72 bits per heavy atom.